The minimum Gasteiger partial charge on any atom is -0.444 e. The maximum atomic E-state index is 12.6. The number of allylic oxidation sites excluding steroid dienone is 1. The van der Waals surface area contributed by atoms with E-state index in [4.69, 9.17) is 19.4 Å². The molecule has 2 fully saturated rings. The topological polar surface area (TPSA) is 126 Å². The van der Waals surface area contributed by atoms with E-state index in [1.807, 2.05) is 51.4 Å². The highest BCUT2D eigenvalue weighted by atomic mass is 16.6. The predicted molar refractivity (Wildman–Crippen MR) is 177 cm³/mol. The Morgan fingerprint density at radius 2 is 1.70 bits per heavy atom. The fraction of sp³-hybridized carbons (Fsp3) is 0.400. The molecule has 0 saturated carbocycles. The van der Waals surface area contributed by atoms with Crippen LogP contribution in [0.4, 0.5) is 15.5 Å². The van der Waals surface area contributed by atoms with Gasteiger partial charge in [-0.2, -0.15) is 0 Å². The van der Waals surface area contributed by atoms with Crippen molar-refractivity contribution in [2.75, 3.05) is 25.0 Å². The molecule has 2 amide bonds. The van der Waals surface area contributed by atoms with E-state index in [2.05, 4.69) is 46.1 Å². The highest BCUT2D eigenvalue weighted by Crippen LogP contribution is 2.33. The molecular formula is C35H41N7O4. The third-order valence-corrected chi connectivity index (χ3v) is 8.26. The summed E-state index contributed by atoms with van der Waals surface area (Å²) in [5.41, 5.74) is 4.24. The molecule has 0 radical (unpaired) electrons. The molecule has 2 aliphatic heterocycles. The number of carbonyl (C=O) groups is 2. The van der Waals surface area contributed by atoms with Crippen molar-refractivity contribution in [3.63, 3.8) is 0 Å². The lowest BCUT2D eigenvalue weighted by Gasteiger charge is -2.28. The number of benzene rings is 2. The van der Waals surface area contributed by atoms with Gasteiger partial charge in [-0.05, 0) is 76.6 Å². The normalized spacial score (nSPS) is 18.2. The number of rotatable bonds is 7. The van der Waals surface area contributed by atoms with Crippen LogP contribution in [0.1, 0.15) is 65.2 Å². The van der Waals surface area contributed by atoms with E-state index >= 15 is 0 Å². The molecule has 2 N–H and O–H groups in total. The van der Waals surface area contributed by atoms with Crippen LogP contribution < -0.4 is 5.32 Å². The number of aromatic nitrogens is 4. The third kappa shape index (κ3) is 6.98. The predicted octanol–water partition coefficient (Wildman–Crippen LogP) is 7.31. The Labute approximate surface area is 269 Å². The van der Waals surface area contributed by atoms with Crippen molar-refractivity contribution in [2.45, 2.75) is 71.1 Å². The maximum Gasteiger partial charge on any atom is 0.415 e. The third-order valence-electron chi connectivity index (χ3n) is 8.26. The molecule has 6 rings (SSSR count). The van der Waals surface area contributed by atoms with Gasteiger partial charge in [0.15, 0.2) is 0 Å². The van der Waals surface area contributed by atoms with Gasteiger partial charge in [0.1, 0.15) is 11.4 Å². The largest absolute Gasteiger partial charge is 0.444 e. The van der Waals surface area contributed by atoms with Gasteiger partial charge in [-0.3, -0.25) is 4.90 Å². The molecule has 11 heteroatoms. The number of fused-ring (bicyclic) bond motifs is 1. The minimum atomic E-state index is -0.522. The summed E-state index contributed by atoms with van der Waals surface area (Å²) in [6.07, 6.45) is 6.63. The highest BCUT2D eigenvalue weighted by Gasteiger charge is 2.34. The van der Waals surface area contributed by atoms with Crippen LogP contribution in [0.15, 0.2) is 67.2 Å². The number of hydrogen-bond acceptors (Lipinski definition) is 8. The van der Waals surface area contributed by atoms with E-state index in [9.17, 15) is 9.59 Å². The molecular weight excluding hydrogens is 582 g/mol. The maximum absolute atomic E-state index is 12.6. The Kier molecular flexibility index (Phi) is 8.66. The Bertz CT molecular complexity index is 1740. The van der Waals surface area contributed by atoms with E-state index in [0.717, 1.165) is 64.8 Å². The first-order valence-electron chi connectivity index (χ1n) is 15.8. The van der Waals surface area contributed by atoms with Crippen molar-refractivity contribution >= 4 is 29.0 Å². The first kappa shape index (κ1) is 31.1. The van der Waals surface area contributed by atoms with Gasteiger partial charge >= 0.3 is 12.2 Å². The molecule has 46 heavy (non-hydrogen) atoms. The molecule has 2 saturated heterocycles. The lowest BCUT2D eigenvalue weighted by Crippen LogP contribution is -2.42. The molecule has 2 atom stereocenters. The van der Waals surface area contributed by atoms with E-state index in [1.165, 1.54) is 0 Å². The number of anilines is 1. The van der Waals surface area contributed by atoms with Gasteiger partial charge in [0.25, 0.3) is 0 Å². The van der Waals surface area contributed by atoms with E-state index in [-0.39, 0.29) is 24.3 Å². The molecule has 4 aromatic rings. The molecule has 2 aromatic carbocycles. The van der Waals surface area contributed by atoms with Crippen LogP contribution in [0, 0.1) is 0 Å². The van der Waals surface area contributed by atoms with Gasteiger partial charge < -0.3 is 24.7 Å². The number of H-pyrrole nitrogens is 1. The van der Waals surface area contributed by atoms with Gasteiger partial charge in [-0.1, -0.05) is 36.9 Å². The number of likely N-dealkylation sites (tertiary alicyclic amines) is 2. The number of carbonyl (C=O) groups excluding carboxylic acids is 2. The van der Waals surface area contributed by atoms with Crippen molar-refractivity contribution in [3.8, 4) is 22.4 Å². The summed E-state index contributed by atoms with van der Waals surface area (Å²) in [7, 11) is 0. The van der Waals surface area contributed by atoms with E-state index in [1.54, 1.807) is 16.7 Å². The molecule has 0 unspecified atom stereocenters. The number of nitrogens with zero attached hydrogens (tertiary/aromatic N) is 5. The van der Waals surface area contributed by atoms with Crippen molar-refractivity contribution in [2.24, 2.45) is 0 Å². The van der Waals surface area contributed by atoms with Crippen molar-refractivity contribution in [1.82, 2.24) is 29.7 Å². The molecule has 2 aromatic heterocycles. The molecule has 0 bridgehead atoms. The van der Waals surface area contributed by atoms with Gasteiger partial charge in [0.2, 0.25) is 5.95 Å². The van der Waals surface area contributed by atoms with Gasteiger partial charge in [0.05, 0.1) is 29.1 Å². The Hall–Kier alpha value is -4.93. The summed E-state index contributed by atoms with van der Waals surface area (Å²) in [6, 6.07) is 14.3. The number of aromatic amines is 1. The highest BCUT2D eigenvalue weighted by molar-refractivity contribution is 5.85. The summed E-state index contributed by atoms with van der Waals surface area (Å²) in [6.45, 7) is 12.9. The van der Waals surface area contributed by atoms with Crippen molar-refractivity contribution in [1.29, 1.82) is 0 Å². The molecule has 240 valence electrons. The van der Waals surface area contributed by atoms with Crippen LogP contribution in [0.25, 0.3) is 33.3 Å². The second kappa shape index (κ2) is 12.8. The zero-order valence-electron chi connectivity index (χ0n) is 26.9. The second-order valence-corrected chi connectivity index (χ2v) is 13.0. The average Bonchev–Trinajstić information content (AvgIpc) is 3.79. The lowest BCUT2D eigenvalue weighted by molar-refractivity contribution is 0.0235. The van der Waals surface area contributed by atoms with Crippen molar-refractivity contribution in [3.05, 3.63) is 73.0 Å². The lowest BCUT2D eigenvalue weighted by atomic mass is 10.0. The van der Waals surface area contributed by atoms with E-state index in [0.29, 0.717) is 31.3 Å². The number of amides is 2. The minimum absolute atomic E-state index is 0.0374. The van der Waals surface area contributed by atoms with Crippen LogP contribution in [-0.4, -0.2) is 73.2 Å². The van der Waals surface area contributed by atoms with Crippen LogP contribution >= 0.6 is 0 Å². The fourth-order valence-corrected chi connectivity index (χ4v) is 6.08. The first-order chi connectivity index (χ1) is 22.0. The Balaban J connectivity index is 1.10. The van der Waals surface area contributed by atoms with Gasteiger partial charge in [-0.25, -0.2) is 24.5 Å². The Morgan fingerprint density at radius 1 is 0.978 bits per heavy atom. The zero-order chi connectivity index (χ0) is 32.4. The molecule has 11 nitrogen and oxygen atoms in total. The molecule has 2 aliphatic rings. The monoisotopic (exact) mass is 623 g/mol. The number of hydrogen-bond donors (Lipinski definition) is 2. The standard InChI is InChI=1S/C35H41N7O4/c1-22(2)45-33(43)42-17-7-9-30(42)31-36-21-29(39-31)24-12-10-23(11-13-24)25-14-15-28-26(18-25)19-37-32(40-28)38-20-27-8-6-16-41(27)34(44)46-35(3,4)5/h10-15,18-19,21,27,30H,1,6-9,16-17,20H2,2-5H3,(H,36,39)(H,37,38,40)/t27-,30-/m0/s1. The number of imidazole rings is 1. The first-order valence-corrected chi connectivity index (χ1v) is 15.8. The number of nitrogens with one attached hydrogen (secondary N) is 2. The number of ether oxygens (including phenoxy) is 2. The SMILES string of the molecule is C=C(C)OC(=O)N1CCC[C@H]1c1nc(-c2ccc(-c3ccc4nc(NC[C@@H]5CCCN5C(=O)OC(C)(C)C)ncc4c3)cc2)c[nH]1. The summed E-state index contributed by atoms with van der Waals surface area (Å²) < 4.78 is 10.8. The van der Waals surface area contributed by atoms with Crippen LogP contribution in [0.3, 0.4) is 0 Å². The van der Waals surface area contributed by atoms with Crippen LogP contribution in [-0.2, 0) is 9.47 Å². The Morgan fingerprint density at radius 3 is 2.46 bits per heavy atom. The molecule has 0 spiro atoms. The summed E-state index contributed by atoms with van der Waals surface area (Å²) in [4.78, 5) is 46.0. The molecule has 4 heterocycles. The summed E-state index contributed by atoms with van der Waals surface area (Å²) >= 11 is 0. The second-order valence-electron chi connectivity index (χ2n) is 13.0. The quantitative estimate of drug-likeness (QED) is 0.205. The van der Waals surface area contributed by atoms with Crippen LogP contribution in [0.5, 0.6) is 0 Å². The average molecular weight is 624 g/mol. The smallest absolute Gasteiger partial charge is 0.415 e. The van der Waals surface area contributed by atoms with Crippen molar-refractivity contribution < 1.29 is 19.1 Å². The van der Waals surface area contributed by atoms with Gasteiger partial charge in [-0.15, -0.1) is 0 Å². The molecule has 0 aliphatic carbocycles. The van der Waals surface area contributed by atoms with Crippen LogP contribution in [0.2, 0.25) is 0 Å². The van der Waals surface area contributed by atoms with E-state index < -0.39 is 5.60 Å². The van der Waals surface area contributed by atoms with Gasteiger partial charge in [0, 0.05) is 43.0 Å². The zero-order valence-corrected chi connectivity index (χ0v) is 26.9. The summed E-state index contributed by atoms with van der Waals surface area (Å²) in [5.74, 6) is 1.66. The fourth-order valence-electron chi connectivity index (χ4n) is 6.08. The summed E-state index contributed by atoms with van der Waals surface area (Å²) in [5, 5.41) is 4.26.